The van der Waals surface area contributed by atoms with E-state index in [4.69, 9.17) is 9.47 Å². The second kappa shape index (κ2) is 21.2. The molecule has 4 aliphatic heterocycles. The molecule has 1 aromatic heterocycles. The number of hydrogen-bond donors (Lipinski definition) is 1. The first-order valence-electron chi connectivity index (χ1n) is 24.1. The van der Waals surface area contributed by atoms with E-state index in [1.54, 1.807) is 65.8 Å². The van der Waals surface area contributed by atoms with Crippen molar-refractivity contribution in [2.45, 2.75) is 138 Å². The minimum atomic E-state index is -1.14. The number of phenolic OH excluding ortho intramolecular Hbond substituents is 1. The molecular formula is C54H65BrN6O11. The van der Waals surface area contributed by atoms with Crippen LogP contribution in [0.25, 0.3) is 5.69 Å². The highest BCUT2D eigenvalue weighted by atomic mass is 79.9. The van der Waals surface area contributed by atoms with Crippen LogP contribution in [0, 0.1) is 17.8 Å². The van der Waals surface area contributed by atoms with Gasteiger partial charge in [0, 0.05) is 67.0 Å². The summed E-state index contributed by atoms with van der Waals surface area (Å²) in [4.78, 5) is 109. The summed E-state index contributed by atoms with van der Waals surface area (Å²) >= 11 is 3.35. The minimum Gasteiger partial charge on any atom is -0.508 e. The minimum absolute atomic E-state index is 0.0122. The van der Waals surface area contributed by atoms with Gasteiger partial charge in [-0.3, -0.25) is 28.8 Å². The first-order valence-corrected chi connectivity index (χ1v) is 24.9. The van der Waals surface area contributed by atoms with Gasteiger partial charge in [-0.25, -0.2) is 14.6 Å². The van der Waals surface area contributed by atoms with Gasteiger partial charge in [-0.1, -0.05) is 61.8 Å². The summed E-state index contributed by atoms with van der Waals surface area (Å²) in [7, 11) is 0. The zero-order valence-corrected chi connectivity index (χ0v) is 44.5. The fourth-order valence-electron chi connectivity index (χ4n) is 9.23. The van der Waals surface area contributed by atoms with Crippen molar-refractivity contribution >= 4 is 74.9 Å². The third kappa shape index (κ3) is 12.0. The predicted molar refractivity (Wildman–Crippen MR) is 272 cm³/mol. The van der Waals surface area contributed by atoms with Crippen LogP contribution in [0.1, 0.15) is 137 Å². The third-order valence-electron chi connectivity index (χ3n) is 12.8. The molecule has 4 aliphatic rings. The number of nitrogens with zero attached hydrogens (tertiary/aromatic N) is 6. The third-order valence-corrected chi connectivity index (χ3v) is 13.3. The normalized spacial score (nSPS) is 20.4. The summed E-state index contributed by atoms with van der Waals surface area (Å²) < 4.78 is 13.5. The molecule has 72 heavy (non-hydrogen) atoms. The van der Waals surface area contributed by atoms with Crippen molar-refractivity contribution in [3.05, 3.63) is 101 Å². The molecule has 0 aliphatic carbocycles. The highest BCUT2D eigenvalue weighted by Crippen LogP contribution is 2.45. The monoisotopic (exact) mass is 1050 g/mol. The van der Waals surface area contributed by atoms with E-state index in [-0.39, 0.29) is 69.2 Å². The number of hydrogen-bond acceptors (Lipinski definition) is 12. The number of piperidine rings is 2. The molecule has 4 fully saturated rings. The molecule has 18 heteroatoms. The van der Waals surface area contributed by atoms with Crippen molar-refractivity contribution in [1.82, 2.24) is 19.4 Å². The lowest BCUT2D eigenvalue weighted by Crippen LogP contribution is -2.55. The van der Waals surface area contributed by atoms with Crippen LogP contribution in [0.2, 0.25) is 0 Å². The Morgan fingerprint density at radius 1 is 0.639 bits per heavy atom. The van der Waals surface area contributed by atoms with Crippen LogP contribution >= 0.6 is 15.9 Å². The number of halogens is 1. The van der Waals surface area contributed by atoms with Crippen LogP contribution < -0.4 is 9.80 Å². The Bertz CT molecular complexity index is 2590. The summed E-state index contributed by atoms with van der Waals surface area (Å²) in [6.45, 7) is 21.2. The maximum Gasteiger partial charge on any atom is 0.424 e. The second-order valence-corrected chi connectivity index (χ2v) is 22.3. The molecule has 2 unspecified atom stereocenters. The highest BCUT2D eigenvalue weighted by Gasteiger charge is 2.58. The van der Waals surface area contributed by atoms with E-state index >= 15 is 0 Å². The Hall–Kier alpha value is -6.69. The first-order chi connectivity index (χ1) is 33.6. The number of aromatic hydroxyl groups is 1. The highest BCUT2D eigenvalue weighted by molar-refractivity contribution is 9.10. The maximum atomic E-state index is 13.1. The fourth-order valence-corrected chi connectivity index (χ4v) is 9.49. The smallest absolute Gasteiger partial charge is 0.424 e. The standard InChI is InChI=1S/C19H21BrN2O5.C19H22N2O6.C16H22N2/c1-18(2,3)27-17(26)22-14(23)8-9-19(16(22)25)10-15(24)21(11-19)13-6-4-12(20)5-7-13;1-18(2,3)27-17(26)21-14(23)8-9-19(16(21)25)10-15(24)20(11-19)12-4-6-13(22)7-5-12;1-11(2)14-7-6-8-15(12(3)4)16(14)18-10-9-17-13(18)5/h4-7H,8-11H2,1-3H3;4-7,22H,8-11H2,1-3H3;6-12H,1-5H3. The number of carbonyl (C=O) groups is 8. The molecule has 4 aromatic rings. The van der Waals surface area contributed by atoms with Gasteiger partial charge in [-0.2, -0.15) is 9.80 Å². The number of aryl methyl sites for hydroxylation is 1. The molecule has 5 heterocycles. The van der Waals surface area contributed by atoms with Crippen molar-refractivity contribution in [3.8, 4) is 11.4 Å². The number of rotatable bonds is 5. The van der Waals surface area contributed by atoms with Crippen LogP contribution in [0.3, 0.4) is 0 Å². The van der Waals surface area contributed by atoms with Crippen molar-refractivity contribution in [2.24, 2.45) is 10.8 Å². The average Bonchev–Trinajstić information content (AvgIpc) is 3.98. The Kier molecular flexibility index (Phi) is 16.1. The van der Waals surface area contributed by atoms with Gasteiger partial charge in [0.2, 0.25) is 35.4 Å². The lowest BCUT2D eigenvalue weighted by atomic mass is 9.78. The van der Waals surface area contributed by atoms with Crippen LogP contribution in [0.4, 0.5) is 21.0 Å². The molecule has 0 saturated carbocycles. The summed E-state index contributed by atoms with van der Waals surface area (Å²) in [5.74, 6) is -0.883. The summed E-state index contributed by atoms with van der Waals surface area (Å²) in [6, 6.07) is 19.9. The molecule has 0 radical (unpaired) electrons. The molecule has 17 nitrogen and oxygen atoms in total. The number of benzene rings is 3. The summed E-state index contributed by atoms with van der Waals surface area (Å²) in [5, 5.41) is 9.41. The van der Waals surface area contributed by atoms with Crippen molar-refractivity contribution in [2.75, 3.05) is 22.9 Å². The Morgan fingerprint density at radius 3 is 1.40 bits per heavy atom. The lowest BCUT2D eigenvalue weighted by Gasteiger charge is -2.36. The Morgan fingerprint density at radius 2 is 1.04 bits per heavy atom. The zero-order valence-electron chi connectivity index (χ0n) is 42.9. The van der Waals surface area contributed by atoms with E-state index in [9.17, 15) is 43.5 Å². The van der Waals surface area contributed by atoms with Crippen molar-refractivity contribution < 1.29 is 52.9 Å². The van der Waals surface area contributed by atoms with Gasteiger partial charge in [0.15, 0.2) is 0 Å². The van der Waals surface area contributed by atoms with Crippen LogP contribution in [0.15, 0.2) is 83.6 Å². The van der Waals surface area contributed by atoms with Gasteiger partial charge in [-0.05, 0) is 133 Å². The largest absolute Gasteiger partial charge is 0.508 e. The number of anilines is 2. The molecule has 8 rings (SSSR count). The van der Waals surface area contributed by atoms with Gasteiger partial charge in [0.1, 0.15) is 22.8 Å². The van der Waals surface area contributed by atoms with Gasteiger partial charge < -0.3 is 28.9 Å². The topological polar surface area (TPSA) is 206 Å². The molecule has 0 bridgehead atoms. The van der Waals surface area contributed by atoms with E-state index in [0.29, 0.717) is 33.0 Å². The molecule has 3 aromatic carbocycles. The molecule has 2 spiro atoms. The van der Waals surface area contributed by atoms with Crippen molar-refractivity contribution in [3.63, 3.8) is 0 Å². The number of para-hydroxylation sites is 1. The van der Waals surface area contributed by atoms with E-state index < -0.39 is 57.8 Å². The number of imide groups is 6. The van der Waals surface area contributed by atoms with E-state index in [0.717, 1.165) is 10.3 Å². The van der Waals surface area contributed by atoms with Gasteiger partial charge in [-0.15, -0.1) is 0 Å². The van der Waals surface area contributed by atoms with Gasteiger partial charge in [0.05, 0.1) is 16.5 Å². The van der Waals surface area contributed by atoms with Gasteiger partial charge >= 0.3 is 12.2 Å². The number of imidazole rings is 1. The summed E-state index contributed by atoms with van der Waals surface area (Å²) in [6.07, 6.45) is 2.27. The number of aromatic nitrogens is 2. The Balaban J connectivity index is 0.000000180. The average molecular weight is 1050 g/mol. The number of phenols is 1. The predicted octanol–water partition coefficient (Wildman–Crippen LogP) is 9.88. The second-order valence-electron chi connectivity index (χ2n) is 21.3. The van der Waals surface area contributed by atoms with E-state index in [2.05, 4.69) is 84.5 Å². The molecule has 4 saturated heterocycles. The summed E-state index contributed by atoms with van der Waals surface area (Å²) in [5.41, 5.74) is 1.40. The number of likely N-dealkylation sites (tertiary alicyclic amines) is 2. The Labute approximate surface area is 428 Å². The maximum absolute atomic E-state index is 13.1. The van der Waals surface area contributed by atoms with Gasteiger partial charge in [0.25, 0.3) is 0 Å². The zero-order chi connectivity index (χ0) is 53.2. The molecule has 2 atom stereocenters. The van der Waals surface area contributed by atoms with Crippen LogP contribution in [-0.4, -0.2) is 96.4 Å². The fraction of sp³-hybridized carbons (Fsp3) is 0.463. The van der Waals surface area contributed by atoms with E-state index in [1.165, 1.54) is 38.7 Å². The SMILES string of the molecule is CC(C)(C)OC(=O)N1C(=O)CCC2(CC(=O)N(c3ccc(Br)cc3)C2)C1=O.CC(C)(C)OC(=O)N1C(=O)CCC2(CC(=O)N(c3ccc(O)cc3)C2)C1=O.Cc1nccn1-c1c(C(C)C)cccc1C(C)C. The molecular weight excluding hydrogens is 989 g/mol. The lowest BCUT2D eigenvalue weighted by molar-refractivity contribution is -0.157. The number of amides is 8. The van der Waals surface area contributed by atoms with Crippen LogP contribution in [-0.2, 0) is 38.2 Å². The number of carbonyl (C=O) groups excluding carboxylic acids is 8. The molecule has 8 amide bonds. The van der Waals surface area contributed by atoms with Crippen molar-refractivity contribution in [1.29, 1.82) is 0 Å². The molecule has 1 N–H and O–H groups in total. The van der Waals surface area contributed by atoms with Crippen LogP contribution in [0.5, 0.6) is 5.75 Å². The number of ether oxygens (including phenoxy) is 2. The quantitative estimate of drug-likeness (QED) is 0.185. The van der Waals surface area contributed by atoms with E-state index in [1.807, 2.05) is 18.3 Å². The molecule has 384 valence electrons. The first kappa shape index (κ1) is 54.6.